The topological polar surface area (TPSA) is 58.4 Å². The summed E-state index contributed by atoms with van der Waals surface area (Å²) in [5.74, 6) is -0.0829. The molecule has 1 fully saturated rings. The zero-order valence-corrected chi connectivity index (χ0v) is 15.1. The van der Waals surface area contributed by atoms with E-state index in [0.29, 0.717) is 22.3 Å². The van der Waals surface area contributed by atoms with Gasteiger partial charge in [-0.15, -0.1) is 12.4 Å². The van der Waals surface area contributed by atoms with E-state index in [9.17, 15) is 4.79 Å². The second kappa shape index (κ2) is 7.84. The fraction of sp³-hybridized carbons (Fsp3) is 0.533. The van der Waals surface area contributed by atoms with Gasteiger partial charge in [0.1, 0.15) is 0 Å². The Hall–Kier alpha value is -0.520. The van der Waals surface area contributed by atoms with Crippen molar-refractivity contribution in [3.8, 4) is 0 Å². The summed E-state index contributed by atoms with van der Waals surface area (Å²) in [6.07, 6.45) is 1.01. The van der Waals surface area contributed by atoms with Crippen LogP contribution >= 0.6 is 35.6 Å². The van der Waals surface area contributed by atoms with Gasteiger partial charge in [0.15, 0.2) is 0 Å². The van der Waals surface area contributed by atoms with Crippen LogP contribution in [0.3, 0.4) is 0 Å². The molecule has 2 rings (SSSR count). The molecular weight excluding hydrogens is 345 g/mol. The first-order chi connectivity index (χ1) is 9.84. The molecule has 1 aromatic carbocycles. The first-order valence-corrected chi connectivity index (χ1v) is 7.80. The van der Waals surface area contributed by atoms with E-state index in [1.54, 1.807) is 18.2 Å². The monoisotopic (exact) mass is 365 g/mol. The Balaban J connectivity index is 0.00000242. The van der Waals surface area contributed by atoms with Crippen molar-refractivity contribution in [2.45, 2.75) is 26.3 Å². The number of anilines is 1. The molecule has 0 bridgehead atoms. The van der Waals surface area contributed by atoms with Gasteiger partial charge in [0, 0.05) is 11.6 Å². The lowest BCUT2D eigenvalue weighted by Gasteiger charge is -2.26. The van der Waals surface area contributed by atoms with Gasteiger partial charge in [0.2, 0.25) is 5.91 Å². The van der Waals surface area contributed by atoms with E-state index in [-0.39, 0.29) is 29.8 Å². The van der Waals surface area contributed by atoms with Crippen LogP contribution in [0, 0.1) is 5.41 Å². The molecule has 0 radical (unpaired) electrons. The molecule has 3 N–H and O–H groups in total. The van der Waals surface area contributed by atoms with Crippen molar-refractivity contribution in [3.05, 3.63) is 28.2 Å². The lowest BCUT2D eigenvalue weighted by Crippen LogP contribution is -2.42. The molecule has 1 aromatic rings. The summed E-state index contributed by atoms with van der Waals surface area (Å²) in [4.78, 5) is 14.5. The SMILES string of the molecule is CC(C(=O)Nc1cc(Cl)ccc1Cl)N1CCC(C)(CN)C1.Cl. The second-order valence-electron chi connectivity index (χ2n) is 6.02. The number of likely N-dealkylation sites (tertiary alicyclic amines) is 1. The third kappa shape index (κ3) is 4.49. The van der Waals surface area contributed by atoms with E-state index >= 15 is 0 Å². The van der Waals surface area contributed by atoms with E-state index < -0.39 is 0 Å². The normalized spacial score (nSPS) is 23.0. The second-order valence-corrected chi connectivity index (χ2v) is 6.87. The van der Waals surface area contributed by atoms with Crippen molar-refractivity contribution in [2.24, 2.45) is 11.1 Å². The van der Waals surface area contributed by atoms with Crippen LogP contribution in [-0.2, 0) is 4.79 Å². The quantitative estimate of drug-likeness (QED) is 0.858. The van der Waals surface area contributed by atoms with Crippen LogP contribution < -0.4 is 11.1 Å². The average Bonchev–Trinajstić information content (AvgIpc) is 2.85. The molecule has 2 unspecified atom stereocenters. The fourth-order valence-electron chi connectivity index (χ4n) is 2.56. The Morgan fingerprint density at radius 3 is 2.77 bits per heavy atom. The van der Waals surface area contributed by atoms with Gasteiger partial charge < -0.3 is 11.1 Å². The number of carbonyl (C=O) groups is 1. The van der Waals surface area contributed by atoms with Crippen molar-refractivity contribution < 1.29 is 4.79 Å². The summed E-state index contributed by atoms with van der Waals surface area (Å²) < 4.78 is 0. The predicted octanol–water partition coefficient (Wildman–Crippen LogP) is 3.41. The third-order valence-corrected chi connectivity index (χ3v) is 4.76. The molecule has 0 aromatic heterocycles. The van der Waals surface area contributed by atoms with Crippen LogP contribution in [0.15, 0.2) is 18.2 Å². The van der Waals surface area contributed by atoms with Gasteiger partial charge in [-0.05, 0) is 50.0 Å². The number of nitrogens with zero attached hydrogens (tertiary/aromatic N) is 1. The predicted molar refractivity (Wildman–Crippen MR) is 95.2 cm³/mol. The lowest BCUT2D eigenvalue weighted by molar-refractivity contribution is -0.120. The molecule has 1 saturated heterocycles. The minimum absolute atomic E-state index is 0. The molecule has 22 heavy (non-hydrogen) atoms. The summed E-state index contributed by atoms with van der Waals surface area (Å²) >= 11 is 12.0. The average molecular weight is 367 g/mol. The Kier molecular flexibility index (Phi) is 6.96. The summed E-state index contributed by atoms with van der Waals surface area (Å²) in [7, 11) is 0. The molecule has 1 aliphatic heterocycles. The van der Waals surface area contributed by atoms with Crippen molar-refractivity contribution in [1.29, 1.82) is 0 Å². The summed E-state index contributed by atoms with van der Waals surface area (Å²) in [5, 5.41) is 3.87. The zero-order chi connectivity index (χ0) is 15.6. The number of hydrogen-bond donors (Lipinski definition) is 2. The van der Waals surface area contributed by atoms with Gasteiger partial charge in [0.05, 0.1) is 16.8 Å². The van der Waals surface area contributed by atoms with E-state index in [2.05, 4.69) is 17.1 Å². The molecule has 0 saturated carbocycles. The molecule has 1 amide bonds. The largest absolute Gasteiger partial charge is 0.330 e. The number of nitrogens with two attached hydrogens (primary N) is 1. The van der Waals surface area contributed by atoms with Crippen LogP contribution in [0.2, 0.25) is 10.0 Å². The van der Waals surface area contributed by atoms with Crippen LogP contribution in [-0.4, -0.2) is 36.5 Å². The molecule has 4 nitrogen and oxygen atoms in total. The van der Waals surface area contributed by atoms with Crippen LogP contribution in [0.5, 0.6) is 0 Å². The smallest absolute Gasteiger partial charge is 0.241 e. The van der Waals surface area contributed by atoms with Crippen molar-refractivity contribution in [3.63, 3.8) is 0 Å². The first kappa shape index (κ1) is 19.5. The van der Waals surface area contributed by atoms with Crippen molar-refractivity contribution in [2.75, 3.05) is 25.0 Å². The third-order valence-electron chi connectivity index (χ3n) is 4.19. The van der Waals surface area contributed by atoms with Crippen molar-refractivity contribution >= 4 is 47.2 Å². The molecule has 7 heteroatoms. The number of hydrogen-bond acceptors (Lipinski definition) is 3. The number of halogens is 3. The number of carbonyl (C=O) groups excluding carboxylic acids is 1. The first-order valence-electron chi connectivity index (χ1n) is 7.05. The number of amides is 1. The van der Waals surface area contributed by atoms with Gasteiger partial charge in [-0.3, -0.25) is 9.69 Å². The van der Waals surface area contributed by atoms with Gasteiger partial charge >= 0.3 is 0 Å². The summed E-state index contributed by atoms with van der Waals surface area (Å²) in [6.45, 7) is 6.41. The van der Waals surface area contributed by atoms with Crippen LogP contribution in [0.1, 0.15) is 20.3 Å². The number of benzene rings is 1. The minimum atomic E-state index is -0.228. The highest BCUT2D eigenvalue weighted by Gasteiger charge is 2.36. The Bertz CT molecular complexity index is 541. The Morgan fingerprint density at radius 2 is 2.18 bits per heavy atom. The van der Waals surface area contributed by atoms with Crippen molar-refractivity contribution in [1.82, 2.24) is 4.90 Å². The van der Waals surface area contributed by atoms with Gasteiger partial charge in [-0.2, -0.15) is 0 Å². The molecule has 1 aliphatic rings. The Labute approximate surface area is 147 Å². The molecule has 0 spiro atoms. The molecule has 0 aliphatic carbocycles. The minimum Gasteiger partial charge on any atom is -0.330 e. The van der Waals surface area contributed by atoms with Gasteiger partial charge in [0.25, 0.3) is 0 Å². The highest BCUT2D eigenvalue weighted by Crippen LogP contribution is 2.30. The summed E-state index contributed by atoms with van der Waals surface area (Å²) in [5.41, 5.74) is 6.45. The standard InChI is InChI=1S/C15H21Cl2N3O.ClH/c1-10(20-6-5-15(2,8-18)9-20)14(21)19-13-7-11(16)3-4-12(13)17;/h3-4,7,10H,5-6,8-9,18H2,1-2H3,(H,19,21);1H. The maximum atomic E-state index is 12.4. The maximum Gasteiger partial charge on any atom is 0.241 e. The molecule has 1 heterocycles. The highest BCUT2D eigenvalue weighted by molar-refractivity contribution is 6.35. The van der Waals surface area contributed by atoms with Gasteiger partial charge in [-0.25, -0.2) is 0 Å². The van der Waals surface area contributed by atoms with Crippen LogP contribution in [0.25, 0.3) is 0 Å². The number of rotatable bonds is 4. The molecular formula is C15H22Cl3N3O. The van der Waals surface area contributed by atoms with Gasteiger partial charge in [-0.1, -0.05) is 30.1 Å². The van der Waals surface area contributed by atoms with E-state index in [0.717, 1.165) is 19.5 Å². The zero-order valence-electron chi connectivity index (χ0n) is 12.7. The molecule has 124 valence electrons. The Morgan fingerprint density at radius 1 is 1.50 bits per heavy atom. The van der Waals surface area contributed by atoms with Crippen LogP contribution in [0.4, 0.5) is 5.69 Å². The maximum absolute atomic E-state index is 12.4. The number of nitrogens with one attached hydrogen (secondary N) is 1. The molecule has 2 atom stereocenters. The summed E-state index contributed by atoms with van der Waals surface area (Å²) in [6, 6.07) is 4.79. The van der Waals surface area contributed by atoms with E-state index in [4.69, 9.17) is 28.9 Å². The lowest BCUT2D eigenvalue weighted by atomic mass is 9.90. The van der Waals surface area contributed by atoms with E-state index in [1.165, 1.54) is 0 Å². The fourth-order valence-corrected chi connectivity index (χ4v) is 2.89. The highest BCUT2D eigenvalue weighted by atomic mass is 35.5. The van der Waals surface area contributed by atoms with E-state index in [1.807, 2.05) is 6.92 Å².